The second-order valence-corrected chi connectivity index (χ2v) is 15.3. The predicted octanol–water partition coefficient (Wildman–Crippen LogP) is 16.1. The smallest absolute Gasteiger partial charge is 0.0625 e. The van der Waals surface area contributed by atoms with E-state index in [1.807, 2.05) is 0 Å². The molecule has 0 fully saturated rings. The molecule has 0 saturated carbocycles. The van der Waals surface area contributed by atoms with Gasteiger partial charge in [0.25, 0.3) is 0 Å². The monoisotopic (exact) mass is 764 g/mol. The van der Waals surface area contributed by atoms with Crippen LogP contribution in [-0.2, 0) is 0 Å². The lowest BCUT2D eigenvalue weighted by atomic mass is 9.94. The molecule has 0 amide bonds. The summed E-state index contributed by atoms with van der Waals surface area (Å²) in [5.74, 6) is 0. The average molecular weight is 765 g/mol. The Morgan fingerprint density at radius 1 is 0.300 bits per heavy atom. The van der Waals surface area contributed by atoms with Crippen molar-refractivity contribution in [1.82, 2.24) is 4.57 Å². The lowest BCUT2D eigenvalue weighted by Crippen LogP contribution is -2.10. The molecule has 1 heterocycles. The molecule has 60 heavy (non-hydrogen) atoms. The molecule has 282 valence electrons. The molecule has 0 atom stereocenters. The minimum atomic E-state index is 1.09. The highest BCUT2D eigenvalue weighted by Gasteiger charge is 2.21. The summed E-state index contributed by atoms with van der Waals surface area (Å²) in [4.78, 5) is 2.39. The third kappa shape index (κ3) is 6.23. The van der Waals surface area contributed by atoms with E-state index in [-0.39, 0.29) is 0 Å². The van der Waals surface area contributed by atoms with Gasteiger partial charge in [-0.25, -0.2) is 0 Å². The van der Waals surface area contributed by atoms with Gasteiger partial charge in [0.05, 0.1) is 11.0 Å². The normalized spacial score (nSPS) is 11.3. The number of benzene rings is 10. The Morgan fingerprint density at radius 3 is 1.48 bits per heavy atom. The van der Waals surface area contributed by atoms with E-state index in [9.17, 15) is 0 Å². The zero-order valence-electron chi connectivity index (χ0n) is 33.0. The third-order valence-corrected chi connectivity index (χ3v) is 11.8. The summed E-state index contributed by atoms with van der Waals surface area (Å²) in [6.07, 6.45) is 0. The predicted molar refractivity (Wildman–Crippen MR) is 255 cm³/mol. The Bertz CT molecular complexity index is 3270. The Kier molecular flexibility index (Phi) is 8.87. The van der Waals surface area contributed by atoms with E-state index < -0.39 is 0 Å². The van der Waals surface area contributed by atoms with Crippen LogP contribution in [-0.4, -0.2) is 4.57 Å². The van der Waals surface area contributed by atoms with Gasteiger partial charge in [-0.05, 0) is 111 Å². The van der Waals surface area contributed by atoms with Gasteiger partial charge in [0.15, 0.2) is 0 Å². The molecule has 2 nitrogen and oxygen atoms in total. The molecule has 2 heteroatoms. The van der Waals surface area contributed by atoms with Gasteiger partial charge in [-0.15, -0.1) is 0 Å². The van der Waals surface area contributed by atoms with Crippen molar-refractivity contribution in [2.45, 2.75) is 0 Å². The lowest BCUT2D eigenvalue weighted by molar-refractivity contribution is 1.19. The average Bonchev–Trinajstić information content (AvgIpc) is 3.68. The molecule has 1 aromatic heterocycles. The first-order valence-corrected chi connectivity index (χ1v) is 20.6. The Labute approximate surface area is 350 Å². The fourth-order valence-electron chi connectivity index (χ4n) is 8.99. The van der Waals surface area contributed by atoms with Gasteiger partial charge in [-0.3, -0.25) is 0 Å². The molecular formula is C58H40N2. The van der Waals surface area contributed by atoms with Crippen molar-refractivity contribution < 1.29 is 0 Å². The summed E-state index contributed by atoms with van der Waals surface area (Å²) in [6.45, 7) is 0. The minimum absolute atomic E-state index is 1.09. The van der Waals surface area contributed by atoms with E-state index in [1.54, 1.807) is 0 Å². The molecule has 0 N–H and O–H groups in total. The van der Waals surface area contributed by atoms with Gasteiger partial charge in [-0.2, -0.15) is 0 Å². The van der Waals surface area contributed by atoms with Gasteiger partial charge >= 0.3 is 0 Å². The number of fused-ring (bicyclic) bond motifs is 5. The standard InChI is InChI=1S/C58H40N2/c1-4-17-41(18-5-1)42-31-35-48(36-32-42)59(49-37-33-44(34-38-49)52-27-13-12-26-51(52)43-19-6-2-7-20-43)50-25-16-22-45(39-50)55-40-46-21-10-11-28-53(46)58-57(55)54-29-14-15-30-56(54)60(58)47-23-8-3-9-24-47/h1-40H. The van der Waals surface area contributed by atoms with Crippen molar-refractivity contribution in [2.24, 2.45) is 0 Å². The molecule has 0 aliphatic rings. The van der Waals surface area contributed by atoms with Gasteiger partial charge in [0.1, 0.15) is 0 Å². The molecule has 11 rings (SSSR count). The van der Waals surface area contributed by atoms with Gasteiger partial charge in [-0.1, -0.05) is 182 Å². The van der Waals surface area contributed by atoms with Crippen molar-refractivity contribution in [3.63, 3.8) is 0 Å². The Hall–Kier alpha value is -7.94. The summed E-state index contributed by atoms with van der Waals surface area (Å²) in [5, 5.41) is 4.94. The molecule has 10 aromatic carbocycles. The van der Waals surface area contributed by atoms with E-state index in [2.05, 4.69) is 252 Å². The van der Waals surface area contributed by atoms with E-state index in [4.69, 9.17) is 0 Å². The van der Waals surface area contributed by atoms with Crippen LogP contribution >= 0.6 is 0 Å². The first-order chi connectivity index (χ1) is 29.8. The SMILES string of the molecule is c1ccc(-c2ccc(N(c3ccc(-c4ccccc4-c4ccccc4)cc3)c3cccc(-c4cc5ccccc5c5c4c4ccccc4n5-c4ccccc4)c3)cc2)cc1. The quantitative estimate of drug-likeness (QED) is 0.150. The van der Waals surface area contributed by atoms with Crippen LogP contribution < -0.4 is 4.90 Å². The first-order valence-electron chi connectivity index (χ1n) is 20.6. The number of hydrogen-bond donors (Lipinski definition) is 0. The topological polar surface area (TPSA) is 8.17 Å². The lowest BCUT2D eigenvalue weighted by Gasteiger charge is -2.27. The summed E-state index contributed by atoms with van der Waals surface area (Å²) in [7, 11) is 0. The highest BCUT2D eigenvalue weighted by molar-refractivity contribution is 6.24. The van der Waals surface area contributed by atoms with Crippen LogP contribution in [0.1, 0.15) is 0 Å². The van der Waals surface area contributed by atoms with Gasteiger partial charge in [0.2, 0.25) is 0 Å². The molecule has 11 aromatic rings. The second-order valence-electron chi connectivity index (χ2n) is 15.3. The Morgan fingerprint density at radius 2 is 0.800 bits per heavy atom. The zero-order valence-corrected chi connectivity index (χ0v) is 33.0. The first kappa shape index (κ1) is 35.2. The summed E-state index contributed by atoms with van der Waals surface area (Å²) < 4.78 is 2.44. The van der Waals surface area contributed by atoms with E-state index >= 15 is 0 Å². The van der Waals surface area contributed by atoms with Gasteiger partial charge in [0, 0.05) is 38.9 Å². The highest BCUT2D eigenvalue weighted by atomic mass is 15.1. The largest absolute Gasteiger partial charge is 0.310 e. The van der Waals surface area contributed by atoms with E-state index in [1.165, 1.54) is 77.1 Å². The van der Waals surface area contributed by atoms with Crippen LogP contribution in [0.25, 0.3) is 82.8 Å². The number of hydrogen-bond acceptors (Lipinski definition) is 1. The minimum Gasteiger partial charge on any atom is -0.310 e. The highest BCUT2D eigenvalue weighted by Crippen LogP contribution is 2.45. The molecule has 0 aliphatic heterocycles. The third-order valence-electron chi connectivity index (χ3n) is 11.8. The van der Waals surface area contributed by atoms with Crippen LogP contribution in [0.4, 0.5) is 17.1 Å². The van der Waals surface area contributed by atoms with Crippen LogP contribution in [0, 0.1) is 0 Å². The summed E-state index contributed by atoms with van der Waals surface area (Å²) in [5.41, 5.74) is 16.4. The van der Waals surface area contributed by atoms with Gasteiger partial charge < -0.3 is 9.47 Å². The summed E-state index contributed by atoms with van der Waals surface area (Å²) in [6, 6.07) is 87.8. The Balaban J connectivity index is 1.09. The zero-order chi connectivity index (χ0) is 39.8. The molecule has 0 unspecified atom stereocenters. The van der Waals surface area contributed by atoms with Crippen LogP contribution in [0.2, 0.25) is 0 Å². The molecule has 0 bridgehead atoms. The molecule has 0 aliphatic carbocycles. The second kappa shape index (κ2) is 15.1. The van der Waals surface area contributed by atoms with Crippen molar-refractivity contribution in [3.05, 3.63) is 243 Å². The van der Waals surface area contributed by atoms with Crippen molar-refractivity contribution in [3.8, 4) is 50.2 Å². The molecular weight excluding hydrogens is 725 g/mol. The fraction of sp³-hybridized carbons (Fsp3) is 0. The number of aromatic nitrogens is 1. The molecule has 0 saturated heterocycles. The maximum absolute atomic E-state index is 2.44. The number of rotatable bonds is 8. The van der Waals surface area contributed by atoms with Crippen LogP contribution in [0.15, 0.2) is 243 Å². The van der Waals surface area contributed by atoms with Crippen molar-refractivity contribution in [2.75, 3.05) is 4.90 Å². The maximum Gasteiger partial charge on any atom is 0.0625 e. The molecule has 0 spiro atoms. The number of nitrogens with zero attached hydrogens (tertiary/aromatic N) is 2. The fourth-order valence-corrected chi connectivity index (χ4v) is 8.99. The van der Waals surface area contributed by atoms with Crippen molar-refractivity contribution >= 4 is 49.6 Å². The van der Waals surface area contributed by atoms with Crippen LogP contribution in [0.3, 0.4) is 0 Å². The van der Waals surface area contributed by atoms with E-state index in [0.29, 0.717) is 0 Å². The summed E-state index contributed by atoms with van der Waals surface area (Å²) >= 11 is 0. The van der Waals surface area contributed by atoms with Crippen LogP contribution in [0.5, 0.6) is 0 Å². The number of anilines is 3. The molecule has 0 radical (unpaired) electrons. The maximum atomic E-state index is 2.44. The number of para-hydroxylation sites is 2. The van der Waals surface area contributed by atoms with Crippen molar-refractivity contribution in [1.29, 1.82) is 0 Å². The van der Waals surface area contributed by atoms with E-state index in [0.717, 1.165) is 22.7 Å².